The summed E-state index contributed by atoms with van der Waals surface area (Å²) in [5, 5.41) is 2.06. The Morgan fingerprint density at radius 1 is 1.00 bits per heavy atom. The van der Waals surface area contributed by atoms with Crippen molar-refractivity contribution in [1.29, 1.82) is 0 Å². The maximum atomic E-state index is 13.6. The van der Waals surface area contributed by atoms with Crippen LogP contribution in [0.5, 0.6) is 0 Å². The molecule has 32 heavy (non-hydrogen) atoms. The Morgan fingerprint density at radius 2 is 1.62 bits per heavy atom. The number of nitrogens with zero attached hydrogens (tertiary/aromatic N) is 2. The summed E-state index contributed by atoms with van der Waals surface area (Å²) >= 11 is 6.26. The Morgan fingerprint density at radius 3 is 2.31 bits per heavy atom. The smallest absolute Gasteiger partial charge is 0.275 e. The average molecular weight is 451 g/mol. The Kier molecular flexibility index (Phi) is 5.98. The molecule has 0 aromatic heterocycles. The first kappa shape index (κ1) is 22.0. The summed E-state index contributed by atoms with van der Waals surface area (Å²) in [5.74, 6) is -3.04. The van der Waals surface area contributed by atoms with E-state index in [-0.39, 0.29) is 16.4 Å². The number of benzene rings is 2. The number of halogens is 1. The summed E-state index contributed by atoms with van der Waals surface area (Å²) in [6, 6.07) is 13.8. The molecule has 0 spiro atoms. The van der Waals surface area contributed by atoms with Crippen molar-refractivity contribution in [3.05, 3.63) is 82.4 Å². The highest BCUT2D eigenvalue weighted by Gasteiger charge is 2.53. The molecule has 3 atom stereocenters. The SMILES string of the molecule is CC1=CC[C@@H]2C(=O)N(N(C(=O)c3ccccc3Cl)[C@H](C)C(=O)c3ccccc3)C(=O)[C@H]2C1. The molecule has 0 bridgehead atoms. The minimum atomic E-state index is -1.09. The van der Waals surface area contributed by atoms with Gasteiger partial charge in [0.05, 0.1) is 22.4 Å². The number of amides is 3. The van der Waals surface area contributed by atoms with Crippen molar-refractivity contribution in [2.24, 2.45) is 11.8 Å². The molecule has 2 aliphatic rings. The number of imide groups is 1. The third-order valence-electron chi connectivity index (χ3n) is 6.13. The highest BCUT2D eigenvalue weighted by atomic mass is 35.5. The lowest BCUT2D eigenvalue weighted by atomic mass is 9.82. The second-order valence-corrected chi connectivity index (χ2v) is 8.63. The van der Waals surface area contributed by atoms with Crippen LogP contribution in [0.15, 0.2) is 66.2 Å². The zero-order valence-electron chi connectivity index (χ0n) is 17.8. The standard InChI is InChI=1S/C25H23ClN2O4/c1-15-12-13-18-20(14-15)25(32)28(23(18)30)27(24(31)19-10-6-7-11-21(19)26)16(2)22(29)17-8-4-3-5-9-17/h3-12,16,18,20H,13-14H2,1-2H3/t16-,18+,20+/m1/s1. The van der Waals surface area contributed by atoms with Crippen LogP contribution >= 0.6 is 11.6 Å². The topological polar surface area (TPSA) is 74.8 Å². The van der Waals surface area contributed by atoms with E-state index in [0.717, 1.165) is 15.6 Å². The molecule has 7 heteroatoms. The van der Waals surface area contributed by atoms with E-state index in [1.165, 1.54) is 13.0 Å². The van der Waals surface area contributed by atoms with Crippen molar-refractivity contribution in [2.75, 3.05) is 0 Å². The van der Waals surface area contributed by atoms with Gasteiger partial charge < -0.3 is 0 Å². The van der Waals surface area contributed by atoms with Crippen LogP contribution in [-0.2, 0) is 9.59 Å². The quantitative estimate of drug-likeness (QED) is 0.386. The minimum Gasteiger partial charge on any atom is -0.292 e. The lowest BCUT2D eigenvalue weighted by molar-refractivity contribution is -0.156. The molecule has 0 radical (unpaired) electrons. The molecule has 0 saturated carbocycles. The number of carbonyl (C=O) groups excluding carboxylic acids is 4. The summed E-state index contributed by atoms with van der Waals surface area (Å²) in [6.07, 6.45) is 2.85. The first-order valence-electron chi connectivity index (χ1n) is 10.5. The van der Waals surface area contributed by atoms with E-state index in [0.29, 0.717) is 18.4 Å². The zero-order chi connectivity index (χ0) is 23.0. The highest BCUT2D eigenvalue weighted by molar-refractivity contribution is 6.34. The monoisotopic (exact) mass is 450 g/mol. The van der Waals surface area contributed by atoms with Crippen LogP contribution in [0, 0.1) is 11.8 Å². The number of hydrogen-bond donors (Lipinski definition) is 0. The van der Waals surface area contributed by atoms with E-state index in [9.17, 15) is 19.2 Å². The lowest BCUT2D eigenvalue weighted by Crippen LogP contribution is -2.56. The van der Waals surface area contributed by atoms with Crippen LogP contribution in [-0.4, -0.2) is 39.6 Å². The van der Waals surface area contributed by atoms with Gasteiger partial charge in [0, 0.05) is 5.56 Å². The number of Topliss-reactive ketones (excluding diaryl/α,β-unsaturated/α-hetero) is 1. The normalized spacial score (nSPS) is 21.1. The van der Waals surface area contributed by atoms with E-state index < -0.39 is 35.6 Å². The molecular formula is C25H23ClN2O4. The summed E-state index contributed by atoms with van der Waals surface area (Å²) in [6.45, 7) is 3.45. The molecule has 164 valence electrons. The molecular weight excluding hydrogens is 428 g/mol. The second kappa shape index (κ2) is 8.71. The van der Waals surface area contributed by atoms with Crippen molar-refractivity contribution in [2.45, 2.75) is 32.7 Å². The number of carbonyl (C=O) groups is 4. The molecule has 2 aromatic rings. The van der Waals surface area contributed by atoms with Gasteiger partial charge in [-0.05, 0) is 38.8 Å². The van der Waals surface area contributed by atoms with E-state index >= 15 is 0 Å². The largest absolute Gasteiger partial charge is 0.292 e. The molecule has 0 unspecified atom stereocenters. The Balaban J connectivity index is 1.77. The van der Waals surface area contributed by atoms with Gasteiger partial charge in [-0.25, -0.2) is 5.01 Å². The predicted molar refractivity (Wildman–Crippen MR) is 120 cm³/mol. The molecule has 1 heterocycles. The first-order chi connectivity index (χ1) is 15.3. The van der Waals surface area contributed by atoms with Crippen molar-refractivity contribution in [1.82, 2.24) is 10.0 Å². The summed E-state index contributed by atoms with van der Waals surface area (Å²) in [7, 11) is 0. The van der Waals surface area contributed by atoms with Crippen molar-refractivity contribution in [3.63, 3.8) is 0 Å². The maximum absolute atomic E-state index is 13.6. The number of allylic oxidation sites excluding steroid dienone is 2. The number of ketones is 1. The van der Waals surface area contributed by atoms with Crippen LogP contribution in [0.2, 0.25) is 5.02 Å². The van der Waals surface area contributed by atoms with Gasteiger partial charge >= 0.3 is 0 Å². The molecule has 0 N–H and O–H groups in total. The lowest BCUT2D eigenvalue weighted by Gasteiger charge is -2.35. The van der Waals surface area contributed by atoms with Crippen molar-refractivity contribution in [3.8, 4) is 0 Å². The number of hydrogen-bond acceptors (Lipinski definition) is 4. The fourth-order valence-electron chi connectivity index (χ4n) is 4.38. The van der Waals surface area contributed by atoms with Gasteiger partial charge in [0.2, 0.25) is 0 Å². The minimum absolute atomic E-state index is 0.117. The fourth-order valence-corrected chi connectivity index (χ4v) is 4.60. The third-order valence-corrected chi connectivity index (χ3v) is 6.46. The van der Waals surface area contributed by atoms with Crippen LogP contribution in [0.3, 0.4) is 0 Å². The van der Waals surface area contributed by atoms with Gasteiger partial charge in [-0.3, -0.25) is 19.2 Å². The van der Waals surface area contributed by atoms with Gasteiger partial charge in [0.15, 0.2) is 5.78 Å². The molecule has 1 fully saturated rings. The third kappa shape index (κ3) is 3.75. The molecule has 1 aliphatic heterocycles. The van der Waals surface area contributed by atoms with E-state index in [1.54, 1.807) is 48.5 Å². The van der Waals surface area contributed by atoms with E-state index in [4.69, 9.17) is 11.6 Å². The van der Waals surface area contributed by atoms with E-state index in [2.05, 4.69) is 0 Å². The highest BCUT2D eigenvalue weighted by Crippen LogP contribution is 2.39. The van der Waals surface area contributed by atoms with Gasteiger partial charge in [0.25, 0.3) is 17.7 Å². The molecule has 6 nitrogen and oxygen atoms in total. The van der Waals surface area contributed by atoms with Crippen molar-refractivity contribution >= 4 is 35.1 Å². The van der Waals surface area contributed by atoms with Crippen LogP contribution < -0.4 is 0 Å². The van der Waals surface area contributed by atoms with Crippen LogP contribution in [0.4, 0.5) is 0 Å². The molecule has 1 saturated heterocycles. The summed E-state index contributed by atoms with van der Waals surface area (Å²) < 4.78 is 0. The maximum Gasteiger partial charge on any atom is 0.275 e. The first-order valence-corrected chi connectivity index (χ1v) is 10.9. The fraction of sp³-hybridized carbons (Fsp3) is 0.280. The van der Waals surface area contributed by atoms with Crippen LogP contribution in [0.1, 0.15) is 47.4 Å². The van der Waals surface area contributed by atoms with Crippen molar-refractivity contribution < 1.29 is 19.2 Å². The Labute approximate surface area is 191 Å². The Hall–Kier alpha value is -3.25. The van der Waals surface area contributed by atoms with Gasteiger partial charge in [-0.15, -0.1) is 0 Å². The number of fused-ring (bicyclic) bond motifs is 1. The average Bonchev–Trinajstić information content (AvgIpc) is 3.04. The molecule has 4 rings (SSSR count). The molecule has 3 amide bonds. The van der Waals surface area contributed by atoms with Gasteiger partial charge in [-0.2, -0.15) is 5.01 Å². The molecule has 1 aliphatic carbocycles. The second-order valence-electron chi connectivity index (χ2n) is 8.23. The Bertz CT molecular complexity index is 1130. The summed E-state index contributed by atoms with van der Waals surface area (Å²) in [5.41, 5.74) is 1.53. The number of hydrazine groups is 1. The predicted octanol–water partition coefficient (Wildman–Crippen LogP) is 4.31. The van der Waals surface area contributed by atoms with Gasteiger partial charge in [-0.1, -0.05) is 65.7 Å². The zero-order valence-corrected chi connectivity index (χ0v) is 18.6. The van der Waals surface area contributed by atoms with Gasteiger partial charge in [0.1, 0.15) is 6.04 Å². The van der Waals surface area contributed by atoms with Crippen LogP contribution in [0.25, 0.3) is 0 Å². The van der Waals surface area contributed by atoms with E-state index in [1.807, 2.05) is 13.0 Å². The molecule has 2 aromatic carbocycles. The number of rotatable bonds is 5. The summed E-state index contributed by atoms with van der Waals surface area (Å²) in [4.78, 5) is 53.6.